The molecule has 35 heavy (non-hydrogen) atoms. The highest BCUT2D eigenvalue weighted by atomic mass is 32.2. The van der Waals surface area contributed by atoms with E-state index in [0.29, 0.717) is 40.0 Å². The Hall–Kier alpha value is -3.59. The number of nitro benzene ring substituents is 1. The largest absolute Gasteiger partial charge is 0.494 e. The van der Waals surface area contributed by atoms with Gasteiger partial charge in [-0.2, -0.15) is 0 Å². The average molecular weight is 497 g/mol. The number of anilines is 1. The number of non-ortho nitro benzene ring substituents is 1. The zero-order valence-electron chi connectivity index (χ0n) is 19.5. The van der Waals surface area contributed by atoms with Gasteiger partial charge in [0.2, 0.25) is 0 Å². The quantitative estimate of drug-likeness (QED) is 0.128. The summed E-state index contributed by atoms with van der Waals surface area (Å²) in [5.41, 5.74) is 1.11. The maximum Gasteiger partial charge on any atom is 0.273 e. The number of rotatable bonds is 12. The fraction of sp³-hybridized carbons (Fsp3) is 0.308. The van der Waals surface area contributed by atoms with E-state index in [4.69, 9.17) is 9.15 Å². The van der Waals surface area contributed by atoms with Crippen LogP contribution in [0.3, 0.4) is 0 Å². The molecule has 1 N–H and O–H groups in total. The first kappa shape index (κ1) is 24.5. The summed E-state index contributed by atoms with van der Waals surface area (Å²) in [6.07, 6.45) is 7.13. The van der Waals surface area contributed by atoms with Crippen molar-refractivity contribution < 1.29 is 22.5 Å². The average Bonchev–Trinajstić information content (AvgIpc) is 3.21. The molecule has 1 aromatic heterocycles. The van der Waals surface area contributed by atoms with Crippen LogP contribution in [-0.2, 0) is 10.0 Å². The molecule has 184 valence electrons. The number of hydrogen-bond donors (Lipinski definition) is 1. The molecule has 0 aliphatic rings. The number of sulfonamides is 1. The minimum absolute atomic E-state index is 0.0643. The van der Waals surface area contributed by atoms with Gasteiger partial charge in [-0.25, -0.2) is 8.42 Å². The van der Waals surface area contributed by atoms with Crippen LogP contribution in [0.25, 0.3) is 21.9 Å². The van der Waals surface area contributed by atoms with Gasteiger partial charge in [-0.15, -0.1) is 0 Å². The summed E-state index contributed by atoms with van der Waals surface area (Å²) in [4.78, 5) is 10.6. The van der Waals surface area contributed by atoms with Gasteiger partial charge in [0.1, 0.15) is 16.9 Å². The second-order valence-corrected chi connectivity index (χ2v) is 10.1. The monoisotopic (exact) mass is 496 g/mol. The third-order valence-corrected chi connectivity index (χ3v) is 7.20. The number of nitro groups is 1. The number of furan rings is 1. The highest BCUT2D eigenvalue weighted by molar-refractivity contribution is 7.92. The molecule has 0 spiro atoms. The SMILES string of the molecule is CCCCCCCCOc1ccc(NS(=O)(=O)c2ccc3oc4cc([N+](=O)[O-])ccc4c3c2)cc1. The van der Waals surface area contributed by atoms with Crippen LogP contribution < -0.4 is 9.46 Å². The van der Waals surface area contributed by atoms with Gasteiger partial charge in [-0.05, 0) is 55.0 Å². The minimum Gasteiger partial charge on any atom is -0.494 e. The molecule has 4 rings (SSSR count). The van der Waals surface area contributed by atoms with Crippen molar-refractivity contribution >= 4 is 43.3 Å². The van der Waals surface area contributed by atoms with Crippen LogP contribution in [0.5, 0.6) is 5.75 Å². The van der Waals surface area contributed by atoms with Crippen molar-refractivity contribution in [2.75, 3.05) is 11.3 Å². The third-order valence-electron chi connectivity index (χ3n) is 5.82. The maximum atomic E-state index is 13.0. The van der Waals surface area contributed by atoms with Crippen molar-refractivity contribution in [1.82, 2.24) is 0 Å². The standard InChI is InChI=1S/C26H28N2O6S/c1-2-3-4-5-6-7-16-33-21-11-8-19(9-12-21)27-35(31,32)22-13-15-25-24(18-22)23-14-10-20(28(29)30)17-26(23)34-25/h8-15,17-18,27H,2-7,16H2,1H3. The Morgan fingerprint density at radius 3 is 2.37 bits per heavy atom. The molecule has 0 aliphatic heterocycles. The summed E-state index contributed by atoms with van der Waals surface area (Å²) < 4.78 is 40.0. The second-order valence-electron chi connectivity index (χ2n) is 8.44. The van der Waals surface area contributed by atoms with E-state index in [1.54, 1.807) is 36.4 Å². The normalized spacial score (nSPS) is 11.7. The van der Waals surface area contributed by atoms with E-state index in [1.807, 2.05) is 0 Å². The lowest BCUT2D eigenvalue weighted by Gasteiger charge is -2.10. The van der Waals surface area contributed by atoms with Crippen molar-refractivity contribution in [3.63, 3.8) is 0 Å². The lowest BCUT2D eigenvalue weighted by Crippen LogP contribution is -2.12. The first-order valence-electron chi connectivity index (χ1n) is 11.7. The number of hydrogen-bond acceptors (Lipinski definition) is 6. The van der Waals surface area contributed by atoms with Crippen molar-refractivity contribution in [3.8, 4) is 5.75 Å². The van der Waals surface area contributed by atoms with Gasteiger partial charge < -0.3 is 9.15 Å². The van der Waals surface area contributed by atoms with E-state index in [-0.39, 0.29) is 10.6 Å². The molecule has 1 heterocycles. The first-order chi connectivity index (χ1) is 16.9. The predicted octanol–water partition coefficient (Wildman–Crippen LogP) is 7.03. The molecule has 0 unspecified atom stereocenters. The van der Waals surface area contributed by atoms with E-state index in [9.17, 15) is 18.5 Å². The highest BCUT2D eigenvalue weighted by Crippen LogP contribution is 2.33. The molecule has 0 radical (unpaired) electrons. The van der Waals surface area contributed by atoms with Gasteiger partial charge in [-0.1, -0.05) is 39.0 Å². The molecule has 4 aromatic rings. The minimum atomic E-state index is -3.86. The summed E-state index contributed by atoms with van der Waals surface area (Å²) in [7, 11) is -3.86. The van der Waals surface area contributed by atoms with E-state index in [2.05, 4.69) is 11.6 Å². The Morgan fingerprint density at radius 1 is 0.886 bits per heavy atom. The van der Waals surface area contributed by atoms with Gasteiger partial charge in [0.05, 0.1) is 22.5 Å². The van der Waals surface area contributed by atoms with Crippen LogP contribution in [0.1, 0.15) is 45.4 Å². The van der Waals surface area contributed by atoms with E-state index in [1.165, 1.54) is 49.9 Å². The van der Waals surface area contributed by atoms with Crippen molar-refractivity contribution in [3.05, 3.63) is 70.8 Å². The summed E-state index contributed by atoms with van der Waals surface area (Å²) >= 11 is 0. The smallest absolute Gasteiger partial charge is 0.273 e. The maximum absolute atomic E-state index is 13.0. The fourth-order valence-corrected chi connectivity index (χ4v) is 5.02. The van der Waals surface area contributed by atoms with Gasteiger partial charge in [0.25, 0.3) is 15.7 Å². The Morgan fingerprint density at radius 2 is 1.63 bits per heavy atom. The van der Waals surface area contributed by atoms with Gasteiger partial charge in [0.15, 0.2) is 0 Å². The molecular weight excluding hydrogens is 468 g/mol. The molecule has 0 atom stereocenters. The Labute approximate surface area is 204 Å². The molecule has 0 saturated heterocycles. The zero-order valence-corrected chi connectivity index (χ0v) is 20.3. The Bertz CT molecular complexity index is 1430. The van der Waals surface area contributed by atoms with Crippen molar-refractivity contribution in [2.45, 2.75) is 50.3 Å². The van der Waals surface area contributed by atoms with Gasteiger partial charge >= 0.3 is 0 Å². The summed E-state index contributed by atoms with van der Waals surface area (Å²) in [5, 5.41) is 12.2. The lowest BCUT2D eigenvalue weighted by atomic mass is 10.1. The van der Waals surface area contributed by atoms with Crippen LogP contribution in [-0.4, -0.2) is 19.9 Å². The Balaban J connectivity index is 1.42. The molecular formula is C26H28N2O6S. The number of fused-ring (bicyclic) bond motifs is 3. The van der Waals surface area contributed by atoms with Crippen LogP contribution in [0.15, 0.2) is 70.0 Å². The lowest BCUT2D eigenvalue weighted by molar-refractivity contribution is -0.384. The Kier molecular flexibility index (Phi) is 7.55. The number of unbranched alkanes of at least 4 members (excludes halogenated alkanes) is 5. The number of ether oxygens (including phenoxy) is 1. The molecule has 9 heteroatoms. The van der Waals surface area contributed by atoms with Crippen LogP contribution in [0.2, 0.25) is 0 Å². The predicted molar refractivity (Wildman–Crippen MR) is 136 cm³/mol. The molecule has 8 nitrogen and oxygen atoms in total. The molecule has 0 saturated carbocycles. The summed E-state index contributed by atoms with van der Waals surface area (Å²) in [6.45, 7) is 2.84. The van der Waals surface area contributed by atoms with Crippen molar-refractivity contribution in [1.29, 1.82) is 0 Å². The van der Waals surface area contributed by atoms with E-state index >= 15 is 0 Å². The first-order valence-corrected chi connectivity index (χ1v) is 13.2. The molecule has 3 aromatic carbocycles. The van der Waals surface area contributed by atoms with Crippen LogP contribution >= 0.6 is 0 Å². The number of nitrogens with one attached hydrogen (secondary N) is 1. The second kappa shape index (κ2) is 10.8. The van der Waals surface area contributed by atoms with E-state index < -0.39 is 14.9 Å². The number of benzene rings is 3. The molecule has 0 bridgehead atoms. The fourth-order valence-electron chi connectivity index (χ4n) is 3.93. The van der Waals surface area contributed by atoms with Crippen LogP contribution in [0, 0.1) is 10.1 Å². The topological polar surface area (TPSA) is 112 Å². The van der Waals surface area contributed by atoms with Gasteiger partial charge in [0, 0.05) is 22.5 Å². The van der Waals surface area contributed by atoms with E-state index in [0.717, 1.165) is 12.8 Å². The number of nitrogens with zero attached hydrogens (tertiary/aromatic N) is 1. The van der Waals surface area contributed by atoms with Crippen molar-refractivity contribution in [2.24, 2.45) is 0 Å². The summed E-state index contributed by atoms with van der Waals surface area (Å²) in [6, 6.07) is 15.6. The molecule has 0 aliphatic carbocycles. The highest BCUT2D eigenvalue weighted by Gasteiger charge is 2.18. The summed E-state index contributed by atoms with van der Waals surface area (Å²) in [5.74, 6) is 0.696. The van der Waals surface area contributed by atoms with Gasteiger partial charge in [-0.3, -0.25) is 14.8 Å². The third kappa shape index (κ3) is 5.92. The van der Waals surface area contributed by atoms with Crippen LogP contribution in [0.4, 0.5) is 11.4 Å². The molecule has 0 fully saturated rings. The molecule has 0 amide bonds. The zero-order chi connectivity index (χ0) is 24.8.